The van der Waals surface area contributed by atoms with Gasteiger partial charge in [0.2, 0.25) is 0 Å². The number of ether oxygens (including phenoxy) is 2. The molecule has 2 saturated heterocycles. The van der Waals surface area contributed by atoms with Gasteiger partial charge in [0.25, 0.3) is 0 Å². The summed E-state index contributed by atoms with van der Waals surface area (Å²) in [7, 11) is 0. The molecule has 0 N–H and O–H groups in total. The minimum Gasteiger partial charge on any atom is -0.466 e. The first-order chi connectivity index (χ1) is 13.7. The summed E-state index contributed by atoms with van der Waals surface area (Å²) >= 11 is 0. The number of carbonyl (C=O) groups excluding carboxylic acids is 1. The summed E-state index contributed by atoms with van der Waals surface area (Å²) in [5.41, 5.74) is 1.34. The molecule has 0 aliphatic carbocycles. The molecule has 0 bridgehead atoms. The number of esters is 1. The van der Waals surface area contributed by atoms with Crippen molar-refractivity contribution in [3.05, 3.63) is 71.5 Å². The van der Waals surface area contributed by atoms with Gasteiger partial charge >= 0.3 is 5.97 Å². The first kappa shape index (κ1) is 19.1. The normalized spacial score (nSPS) is 24.4. The molecule has 4 rings (SSSR count). The van der Waals surface area contributed by atoms with Gasteiger partial charge < -0.3 is 9.47 Å². The largest absolute Gasteiger partial charge is 0.466 e. The van der Waals surface area contributed by atoms with Gasteiger partial charge in [0.1, 0.15) is 5.82 Å². The number of benzene rings is 2. The van der Waals surface area contributed by atoms with E-state index in [0.29, 0.717) is 44.9 Å². The summed E-state index contributed by atoms with van der Waals surface area (Å²) in [6, 6.07) is 17.0. The van der Waals surface area contributed by atoms with Crippen LogP contribution < -0.4 is 0 Å². The van der Waals surface area contributed by atoms with Crippen LogP contribution in [0.4, 0.5) is 4.39 Å². The third kappa shape index (κ3) is 3.33. The number of rotatable bonds is 5. The lowest BCUT2D eigenvalue weighted by molar-refractivity contribution is -0.167. The lowest BCUT2D eigenvalue weighted by atomic mass is 9.76. The Morgan fingerprint density at radius 2 is 1.89 bits per heavy atom. The van der Waals surface area contributed by atoms with Crippen molar-refractivity contribution in [1.29, 1.82) is 0 Å². The number of halogens is 1. The Bertz CT molecular complexity index is 822. The van der Waals surface area contributed by atoms with Gasteiger partial charge in [-0.3, -0.25) is 9.69 Å². The molecule has 4 nitrogen and oxygen atoms in total. The second-order valence-corrected chi connectivity index (χ2v) is 7.61. The average Bonchev–Trinajstić information content (AvgIpc) is 2.69. The van der Waals surface area contributed by atoms with Gasteiger partial charge in [-0.25, -0.2) is 4.39 Å². The summed E-state index contributed by atoms with van der Waals surface area (Å²) in [4.78, 5) is 14.9. The Kier molecular flexibility index (Phi) is 5.47. The van der Waals surface area contributed by atoms with Crippen LogP contribution in [0.2, 0.25) is 0 Å². The Morgan fingerprint density at radius 3 is 2.54 bits per heavy atom. The van der Waals surface area contributed by atoms with Crippen LogP contribution in [-0.4, -0.2) is 43.8 Å². The zero-order valence-electron chi connectivity index (χ0n) is 16.1. The van der Waals surface area contributed by atoms with Gasteiger partial charge in [-0.15, -0.1) is 0 Å². The summed E-state index contributed by atoms with van der Waals surface area (Å²) in [5.74, 6) is -0.508. The fourth-order valence-electron chi connectivity index (χ4n) is 4.55. The SMILES string of the molecule is CCOC(=O)[C@@H]1CCN(C2(c3ccccc3F)COC2)C[C@H]1c1ccccc1. The molecule has 28 heavy (non-hydrogen) atoms. The van der Waals surface area contributed by atoms with E-state index in [2.05, 4.69) is 17.0 Å². The maximum absolute atomic E-state index is 14.6. The Balaban J connectivity index is 1.65. The summed E-state index contributed by atoms with van der Waals surface area (Å²) in [5, 5.41) is 0. The van der Waals surface area contributed by atoms with Crippen molar-refractivity contribution in [3.63, 3.8) is 0 Å². The van der Waals surface area contributed by atoms with Gasteiger partial charge in [-0.2, -0.15) is 0 Å². The van der Waals surface area contributed by atoms with Gasteiger partial charge in [0.15, 0.2) is 0 Å². The molecule has 0 spiro atoms. The highest BCUT2D eigenvalue weighted by Gasteiger charge is 2.50. The number of carbonyl (C=O) groups is 1. The molecule has 2 aliphatic rings. The number of hydrogen-bond acceptors (Lipinski definition) is 4. The summed E-state index contributed by atoms with van der Waals surface area (Å²) < 4.78 is 25.5. The molecule has 0 saturated carbocycles. The van der Waals surface area contributed by atoms with Crippen LogP contribution in [0.15, 0.2) is 54.6 Å². The molecular formula is C23H26FNO3. The smallest absolute Gasteiger partial charge is 0.309 e. The van der Waals surface area contributed by atoms with Crippen LogP contribution in [0.5, 0.6) is 0 Å². The quantitative estimate of drug-likeness (QED) is 0.738. The van der Waals surface area contributed by atoms with E-state index in [9.17, 15) is 9.18 Å². The fraction of sp³-hybridized carbons (Fsp3) is 0.435. The van der Waals surface area contributed by atoms with Crippen molar-refractivity contribution >= 4 is 5.97 Å². The predicted octanol–water partition coefficient (Wildman–Crippen LogP) is 3.72. The first-order valence-corrected chi connectivity index (χ1v) is 9.95. The van der Waals surface area contributed by atoms with Gasteiger partial charge in [-0.05, 0) is 25.0 Å². The van der Waals surface area contributed by atoms with Gasteiger partial charge in [0, 0.05) is 24.6 Å². The molecular weight excluding hydrogens is 357 g/mol. The lowest BCUT2D eigenvalue weighted by Gasteiger charge is -2.53. The van der Waals surface area contributed by atoms with Crippen molar-refractivity contribution in [2.24, 2.45) is 5.92 Å². The predicted molar refractivity (Wildman–Crippen MR) is 104 cm³/mol. The fourth-order valence-corrected chi connectivity index (χ4v) is 4.55. The van der Waals surface area contributed by atoms with Crippen molar-refractivity contribution in [1.82, 2.24) is 4.90 Å². The number of nitrogens with zero attached hydrogens (tertiary/aromatic N) is 1. The molecule has 0 radical (unpaired) electrons. The molecule has 2 fully saturated rings. The molecule has 0 aromatic heterocycles. The maximum Gasteiger partial charge on any atom is 0.309 e. The van der Waals surface area contributed by atoms with Gasteiger partial charge in [-0.1, -0.05) is 48.5 Å². The second-order valence-electron chi connectivity index (χ2n) is 7.61. The standard InChI is InChI=1S/C23H26FNO3/c1-2-28-22(26)18-12-13-25(14-19(18)17-8-4-3-5-9-17)23(15-27-16-23)20-10-6-7-11-21(20)24/h3-11,18-19H,2,12-16H2,1H3/t18-,19+/m1/s1. The molecule has 0 amide bonds. The van der Waals surface area contributed by atoms with E-state index in [1.54, 1.807) is 6.07 Å². The maximum atomic E-state index is 14.6. The highest BCUT2D eigenvalue weighted by molar-refractivity contribution is 5.74. The van der Waals surface area contributed by atoms with E-state index in [0.717, 1.165) is 5.56 Å². The van der Waals surface area contributed by atoms with Crippen LogP contribution in [0, 0.1) is 11.7 Å². The third-order valence-electron chi connectivity index (χ3n) is 6.09. The molecule has 2 aliphatic heterocycles. The highest BCUT2D eigenvalue weighted by Crippen LogP contribution is 2.43. The molecule has 148 valence electrons. The Hall–Kier alpha value is -2.24. The topological polar surface area (TPSA) is 38.8 Å². The molecule has 2 heterocycles. The van der Waals surface area contributed by atoms with E-state index < -0.39 is 5.54 Å². The minimum atomic E-state index is -0.460. The first-order valence-electron chi connectivity index (χ1n) is 9.95. The van der Waals surface area contributed by atoms with Crippen LogP contribution in [0.25, 0.3) is 0 Å². The van der Waals surface area contributed by atoms with Crippen molar-refractivity contribution in [2.45, 2.75) is 24.8 Å². The van der Waals surface area contributed by atoms with Crippen LogP contribution in [-0.2, 0) is 19.8 Å². The van der Waals surface area contributed by atoms with E-state index in [1.807, 2.05) is 37.3 Å². The number of piperidine rings is 1. The summed E-state index contributed by atoms with van der Waals surface area (Å²) in [6.45, 7) is 4.55. The number of likely N-dealkylation sites (tertiary alicyclic amines) is 1. The van der Waals surface area contributed by atoms with E-state index in [4.69, 9.17) is 9.47 Å². The van der Waals surface area contributed by atoms with Gasteiger partial charge in [0.05, 0.1) is 31.3 Å². The monoisotopic (exact) mass is 383 g/mol. The molecule has 2 aromatic rings. The Labute approximate surface area is 165 Å². The molecule has 2 aromatic carbocycles. The zero-order valence-corrected chi connectivity index (χ0v) is 16.1. The van der Waals surface area contributed by atoms with Crippen LogP contribution in [0.1, 0.15) is 30.4 Å². The van der Waals surface area contributed by atoms with Crippen molar-refractivity contribution in [2.75, 3.05) is 32.9 Å². The lowest BCUT2D eigenvalue weighted by Crippen LogP contribution is -2.63. The van der Waals surface area contributed by atoms with Crippen LogP contribution in [0.3, 0.4) is 0 Å². The highest BCUT2D eigenvalue weighted by atomic mass is 19.1. The second kappa shape index (κ2) is 8.02. The number of hydrogen-bond donors (Lipinski definition) is 0. The molecule has 2 atom stereocenters. The third-order valence-corrected chi connectivity index (χ3v) is 6.09. The molecule has 5 heteroatoms. The van der Waals surface area contributed by atoms with E-state index >= 15 is 0 Å². The van der Waals surface area contributed by atoms with E-state index in [1.165, 1.54) is 6.07 Å². The van der Waals surface area contributed by atoms with Crippen molar-refractivity contribution < 1.29 is 18.7 Å². The Morgan fingerprint density at radius 1 is 1.18 bits per heavy atom. The van der Waals surface area contributed by atoms with E-state index in [-0.39, 0.29) is 23.6 Å². The average molecular weight is 383 g/mol. The summed E-state index contributed by atoms with van der Waals surface area (Å²) in [6.07, 6.45) is 0.689. The minimum absolute atomic E-state index is 0.0123. The van der Waals surface area contributed by atoms with Crippen LogP contribution >= 0.6 is 0 Å². The molecule has 0 unspecified atom stereocenters. The zero-order chi connectivity index (χ0) is 19.6. The van der Waals surface area contributed by atoms with Crippen molar-refractivity contribution in [3.8, 4) is 0 Å².